The van der Waals surface area contributed by atoms with Crippen molar-refractivity contribution in [1.29, 1.82) is 0 Å². The molecule has 0 aliphatic heterocycles. The molecule has 6 heteroatoms. The monoisotopic (exact) mass is 217 g/mol. The topological polar surface area (TPSA) is 60.2 Å². The van der Waals surface area contributed by atoms with Crippen molar-refractivity contribution in [3.05, 3.63) is 39.2 Å². The fourth-order valence-corrected chi connectivity index (χ4v) is 1.31. The molecule has 0 amide bonds. The molecule has 1 aromatic carbocycles. The van der Waals surface area contributed by atoms with Gasteiger partial charge in [0, 0.05) is 11.6 Å². The maximum atomic E-state index is 12.9. The van der Waals surface area contributed by atoms with E-state index >= 15 is 0 Å². The Hall–Kier alpha value is -1.49. The normalized spacial score (nSPS) is 9.93. The van der Waals surface area contributed by atoms with E-state index in [9.17, 15) is 19.3 Å². The molecule has 0 saturated carbocycles. The lowest BCUT2D eigenvalue weighted by Gasteiger charge is -2.02. The summed E-state index contributed by atoms with van der Waals surface area (Å²) < 4.78 is 12.9. The van der Waals surface area contributed by atoms with Gasteiger partial charge in [0.15, 0.2) is 0 Å². The third-order valence-electron chi connectivity index (χ3n) is 1.77. The average Bonchev–Trinajstić information content (AvgIpc) is 2.08. The lowest BCUT2D eigenvalue weighted by molar-refractivity contribution is -0.385. The van der Waals surface area contributed by atoms with Crippen LogP contribution in [0.2, 0.25) is 0 Å². The first-order chi connectivity index (χ1) is 6.45. The largest absolute Gasteiger partial charge is 0.281 e. The molecule has 1 rings (SSSR count). The van der Waals surface area contributed by atoms with E-state index < -0.39 is 27.2 Å². The summed E-state index contributed by atoms with van der Waals surface area (Å²) in [6, 6.07) is 1.84. The highest BCUT2D eigenvalue weighted by molar-refractivity contribution is 6.68. The Labute approximate surface area is 83.4 Å². The van der Waals surface area contributed by atoms with Crippen LogP contribution in [0, 0.1) is 22.9 Å². The van der Waals surface area contributed by atoms with Crippen LogP contribution in [0.5, 0.6) is 0 Å². The lowest BCUT2D eigenvalue weighted by Crippen LogP contribution is -2.03. The van der Waals surface area contributed by atoms with Crippen LogP contribution in [0.25, 0.3) is 0 Å². The highest BCUT2D eigenvalue weighted by Gasteiger charge is 2.23. The van der Waals surface area contributed by atoms with Crippen molar-refractivity contribution in [3.8, 4) is 0 Å². The maximum absolute atomic E-state index is 12.9. The molecule has 4 nitrogen and oxygen atoms in total. The lowest BCUT2D eigenvalue weighted by atomic mass is 10.1. The zero-order chi connectivity index (χ0) is 10.9. The second kappa shape index (κ2) is 3.71. The van der Waals surface area contributed by atoms with Gasteiger partial charge in [0.05, 0.1) is 4.92 Å². The maximum Gasteiger partial charge on any atom is 0.281 e. The number of halogens is 2. The summed E-state index contributed by atoms with van der Waals surface area (Å²) in [6.07, 6.45) is 0. The van der Waals surface area contributed by atoms with Crippen molar-refractivity contribution in [1.82, 2.24) is 0 Å². The summed E-state index contributed by atoms with van der Waals surface area (Å²) in [4.78, 5) is 20.5. The Morgan fingerprint density at radius 2 is 2.14 bits per heavy atom. The van der Waals surface area contributed by atoms with Gasteiger partial charge in [-0.05, 0) is 24.6 Å². The van der Waals surface area contributed by atoms with Gasteiger partial charge in [0.1, 0.15) is 11.4 Å². The van der Waals surface area contributed by atoms with E-state index in [0.717, 1.165) is 12.1 Å². The molecule has 0 aromatic heterocycles. The van der Waals surface area contributed by atoms with E-state index in [2.05, 4.69) is 0 Å². The molecule has 0 bridgehead atoms. The zero-order valence-corrected chi connectivity index (χ0v) is 7.84. The summed E-state index contributed by atoms with van der Waals surface area (Å²) in [5.74, 6) is -0.695. The van der Waals surface area contributed by atoms with Crippen LogP contribution >= 0.6 is 11.6 Å². The van der Waals surface area contributed by atoms with Crippen LogP contribution in [0.3, 0.4) is 0 Å². The number of benzene rings is 1. The van der Waals surface area contributed by atoms with Crippen LogP contribution in [0.1, 0.15) is 15.9 Å². The standard InChI is InChI=1S/C8H5ClFNO3/c1-4-5(10)2-3-6(11(13)14)7(4)8(9)12/h2-3H,1H3. The molecule has 0 aliphatic rings. The molecule has 0 heterocycles. The molecule has 74 valence electrons. The molecule has 0 unspecified atom stereocenters. The molecule has 0 fully saturated rings. The molecule has 1 aromatic rings. The first kappa shape index (κ1) is 10.6. The number of hydrogen-bond acceptors (Lipinski definition) is 3. The number of rotatable bonds is 2. The Balaban J connectivity index is 3.53. The van der Waals surface area contributed by atoms with Crippen molar-refractivity contribution >= 4 is 22.5 Å². The van der Waals surface area contributed by atoms with E-state index in [0.29, 0.717) is 0 Å². The first-order valence-corrected chi connectivity index (χ1v) is 3.96. The van der Waals surface area contributed by atoms with Gasteiger partial charge in [-0.25, -0.2) is 4.39 Å². The number of hydrogen-bond donors (Lipinski definition) is 0. The van der Waals surface area contributed by atoms with Crippen molar-refractivity contribution in [3.63, 3.8) is 0 Å². The smallest absolute Gasteiger partial charge is 0.275 e. The number of nitro benzene ring substituents is 1. The predicted octanol–water partition coefficient (Wildman–Crippen LogP) is 2.42. The third kappa shape index (κ3) is 1.72. The minimum atomic E-state index is -1.03. The van der Waals surface area contributed by atoms with Gasteiger partial charge in [-0.3, -0.25) is 14.9 Å². The predicted molar refractivity (Wildman–Crippen MR) is 48.0 cm³/mol. The van der Waals surface area contributed by atoms with Crippen LogP contribution in [-0.4, -0.2) is 10.2 Å². The second-order valence-electron chi connectivity index (χ2n) is 2.60. The summed E-state index contributed by atoms with van der Waals surface area (Å²) >= 11 is 5.12. The van der Waals surface area contributed by atoms with Gasteiger partial charge >= 0.3 is 0 Å². The number of nitro groups is 1. The van der Waals surface area contributed by atoms with Gasteiger partial charge in [-0.1, -0.05) is 0 Å². The molecule has 0 radical (unpaired) electrons. The molecule has 0 spiro atoms. The molecule has 0 N–H and O–H groups in total. The zero-order valence-electron chi connectivity index (χ0n) is 7.08. The minimum absolute atomic E-state index is 0.112. The molecule has 14 heavy (non-hydrogen) atoms. The second-order valence-corrected chi connectivity index (χ2v) is 2.94. The highest BCUT2D eigenvalue weighted by Crippen LogP contribution is 2.25. The van der Waals surface area contributed by atoms with E-state index in [1.54, 1.807) is 0 Å². The Kier molecular flexibility index (Phi) is 2.81. The number of carbonyl (C=O) groups is 1. The van der Waals surface area contributed by atoms with Crippen molar-refractivity contribution < 1.29 is 14.1 Å². The molecular formula is C8H5ClFNO3. The van der Waals surface area contributed by atoms with E-state index in [1.807, 2.05) is 0 Å². The number of nitrogens with zero attached hydrogens (tertiary/aromatic N) is 1. The van der Waals surface area contributed by atoms with Gasteiger partial charge < -0.3 is 0 Å². The van der Waals surface area contributed by atoms with E-state index in [4.69, 9.17) is 11.6 Å². The SMILES string of the molecule is Cc1c(F)ccc([N+](=O)[O-])c1C(=O)Cl. The van der Waals surface area contributed by atoms with Crippen LogP contribution in [-0.2, 0) is 0 Å². The Morgan fingerprint density at radius 3 is 2.57 bits per heavy atom. The van der Waals surface area contributed by atoms with Crippen LogP contribution < -0.4 is 0 Å². The van der Waals surface area contributed by atoms with Crippen molar-refractivity contribution in [2.45, 2.75) is 6.92 Å². The first-order valence-electron chi connectivity index (χ1n) is 3.58. The number of carbonyl (C=O) groups excluding carboxylic acids is 1. The van der Waals surface area contributed by atoms with Crippen LogP contribution in [0.4, 0.5) is 10.1 Å². The fourth-order valence-electron chi connectivity index (χ4n) is 1.07. The fraction of sp³-hybridized carbons (Fsp3) is 0.125. The molecule has 0 aliphatic carbocycles. The third-order valence-corrected chi connectivity index (χ3v) is 1.96. The van der Waals surface area contributed by atoms with Crippen molar-refractivity contribution in [2.75, 3.05) is 0 Å². The van der Waals surface area contributed by atoms with Gasteiger partial charge in [0.25, 0.3) is 10.9 Å². The van der Waals surface area contributed by atoms with E-state index in [1.165, 1.54) is 6.92 Å². The molecular weight excluding hydrogens is 213 g/mol. The molecule has 0 saturated heterocycles. The Bertz CT molecular complexity index is 419. The van der Waals surface area contributed by atoms with Crippen LogP contribution in [0.15, 0.2) is 12.1 Å². The summed E-state index contributed by atoms with van der Waals surface area (Å²) in [6.45, 7) is 1.26. The quantitative estimate of drug-likeness (QED) is 0.434. The van der Waals surface area contributed by atoms with Gasteiger partial charge in [0.2, 0.25) is 0 Å². The van der Waals surface area contributed by atoms with Crippen molar-refractivity contribution in [2.24, 2.45) is 0 Å². The average molecular weight is 218 g/mol. The minimum Gasteiger partial charge on any atom is -0.275 e. The summed E-state index contributed by atoms with van der Waals surface area (Å²) in [7, 11) is 0. The van der Waals surface area contributed by atoms with Gasteiger partial charge in [-0.15, -0.1) is 0 Å². The Morgan fingerprint density at radius 1 is 1.57 bits per heavy atom. The molecule has 0 atom stereocenters. The summed E-state index contributed by atoms with van der Waals surface area (Å²) in [5.41, 5.74) is -0.986. The van der Waals surface area contributed by atoms with Gasteiger partial charge in [-0.2, -0.15) is 0 Å². The highest BCUT2D eigenvalue weighted by atomic mass is 35.5. The summed E-state index contributed by atoms with van der Waals surface area (Å²) in [5, 5.41) is 9.43. The van der Waals surface area contributed by atoms with E-state index in [-0.39, 0.29) is 5.56 Å².